The van der Waals surface area contributed by atoms with Crippen LogP contribution in [0.1, 0.15) is 20.3 Å². The Morgan fingerprint density at radius 3 is 2.57 bits per heavy atom. The van der Waals surface area contributed by atoms with E-state index in [0.717, 1.165) is 11.9 Å². The van der Waals surface area contributed by atoms with Gasteiger partial charge in [0, 0.05) is 32.0 Å². The molecule has 0 rings (SSSR count). The van der Waals surface area contributed by atoms with Crippen LogP contribution in [0.5, 0.6) is 0 Å². The molecule has 0 aromatic carbocycles. The largest absolute Gasteiger partial charge is 0.383 e. The summed E-state index contributed by atoms with van der Waals surface area (Å²) in [5.41, 5.74) is 0. The minimum absolute atomic E-state index is 0.202. The van der Waals surface area contributed by atoms with Crippen molar-refractivity contribution in [3.05, 3.63) is 0 Å². The summed E-state index contributed by atoms with van der Waals surface area (Å²) >= 11 is 3.27. The van der Waals surface area contributed by atoms with E-state index in [2.05, 4.69) is 29.8 Å². The maximum absolute atomic E-state index is 11.6. The first kappa shape index (κ1) is 13.9. The summed E-state index contributed by atoms with van der Waals surface area (Å²) in [5, 5.41) is 0.730. The summed E-state index contributed by atoms with van der Waals surface area (Å²) in [6.45, 7) is 6.35. The fraction of sp³-hybridized carbons (Fsp3) is 0.900. The molecule has 0 aliphatic rings. The molecule has 0 saturated heterocycles. The van der Waals surface area contributed by atoms with Crippen LogP contribution in [-0.2, 0) is 9.53 Å². The number of hydrogen-bond donors (Lipinski definition) is 0. The van der Waals surface area contributed by atoms with Crippen molar-refractivity contribution in [1.29, 1.82) is 0 Å². The topological polar surface area (TPSA) is 29.5 Å². The Morgan fingerprint density at radius 1 is 1.50 bits per heavy atom. The second kappa shape index (κ2) is 8.24. The number of ether oxygens (including phenoxy) is 1. The zero-order valence-corrected chi connectivity index (χ0v) is 10.8. The minimum atomic E-state index is 0.202. The van der Waals surface area contributed by atoms with Gasteiger partial charge in [-0.1, -0.05) is 29.8 Å². The molecule has 0 aliphatic carbocycles. The molecule has 0 radical (unpaired) electrons. The lowest BCUT2D eigenvalue weighted by Crippen LogP contribution is -2.36. The van der Waals surface area contributed by atoms with Crippen LogP contribution >= 0.6 is 15.9 Å². The highest BCUT2D eigenvalue weighted by Gasteiger charge is 2.13. The average molecular weight is 266 g/mol. The molecule has 84 valence electrons. The molecule has 0 fully saturated rings. The molecule has 0 heterocycles. The molecule has 0 aromatic heterocycles. The Hall–Kier alpha value is -0.0900. The Balaban J connectivity index is 4.01. The summed E-state index contributed by atoms with van der Waals surface area (Å²) in [7, 11) is 1.66. The van der Waals surface area contributed by atoms with Gasteiger partial charge >= 0.3 is 0 Å². The smallest absolute Gasteiger partial charge is 0.223 e. The number of carbonyl (C=O) groups is 1. The predicted molar refractivity (Wildman–Crippen MR) is 61.7 cm³/mol. The van der Waals surface area contributed by atoms with E-state index in [0.29, 0.717) is 25.5 Å². The van der Waals surface area contributed by atoms with E-state index >= 15 is 0 Å². The minimum Gasteiger partial charge on any atom is -0.383 e. The summed E-state index contributed by atoms with van der Waals surface area (Å²) in [6.07, 6.45) is 0.566. The number of rotatable bonds is 7. The number of carbonyl (C=O) groups excluding carboxylic acids is 1. The number of hydrogen-bond acceptors (Lipinski definition) is 2. The molecule has 0 bridgehead atoms. The van der Waals surface area contributed by atoms with Gasteiger partial charge in [0.2, 0.25) is 5.91 Å². The molecule has 0 N–H and O–H groups in total. The lowest BCUT2D eigenvalue weighted by Gasteiger charge is -2.24. The Kier molecular flexibility index (Phi) is 8.18. The van der Waals surface area contributed by atoms with Crippen molar-refractivity contribution in [1.82, 2.24) is 4.90 Å². The van der Waals surface area contributed by atoms with Crippen LogP contribution in [0.3, 0.4) is 0 Å². The molecular weight excluding hydrogens is 246 g/mol. The van der Waals surface area contributed by atoms with Gasteiger partial charge in [0.15, 0.2) is 0 Å². The monoisotopic (exact) mass is 265 g/mol. The summed E-state index contributed by atoms with van der Waals surface area (Å²) in [5.74, 6) is 0.707. The van der Waals surface area contributed by atoms with Crippen LogP contribution in [0.15, 0.2) is 0 Å². The van der Waals surface area contributed by atoms with E-state index in [1.807, 2.05) is 4.90 Å². The van der Waals surface area contributed by atoms with Crippen LogP contribution in [0.2, 0.25) is 0 Å². The molecule has 0 aliphatic heterocycles. The van der Waals surface area contributed by atoms with Crippen molar-refractivity contribution in [2.45, 2.75) is 20.3 Å². The van der Waals surface area contributed by atoms with E-state index in [4.69, 9.17) is 4.74 Å². The van der Waals surface area contributed by atoms with Gasteiger partial charge in [0.25, 0.3) is 0 Å². The maximum Gasteiger partial charge on any atom is 0.223 e. The number of amides is 1. The third-order valence-electron chi connectivity index (χ3n) is 1.81. The first-order chi connectivity index (χ1) is 6.61. The van der Waals surface area contributed by atoms with Gasteiger partial charge in [-0.25, -0.2) is 0 Å². The highest BCUT2D eigenvalue weighted by molar-refractivity contribution is 9.09. The molecule has 0 saturated carbocycles. The van der Waals surface area contributed by atoms with Crippen LogP contribution in [0, 0.1) is 5.92 Å². The van der Waals surface area contributed by atoms with Crippen LogP contribution in [0.25, 0.3) is 0 Å². The number of alkyl halides is 1. The van der Waals surface area contributed by atoms with Crippen molar-refractivity contribution in [2.75, 3.05) is 32.1 Å². The lowest BCUT2D eigenvalue weighted by molar-refractivity contribution is -0.131. The molecule has 0 aromatic rings. The summed E-state index contributed by atoms with van der Waals surface area (Å²) in [6, 6.07) is 0. The molecule has 0 spiro atoms. The van der Waals surface area contributed by atoms with E-state index < -0.39 is 0 Å². The second-order valence-electron chi connectivity index (χ2n) is 3.67. The van der Waals surface area contributed by atoms with Crippen molar-refractivity contribution in [3.63, 3.8) is 0 Å². The zero-order chi connectivity index (χ0) is 11.0. The van der Waals surface area contributed by atoms with Gasteiger partial charge in [-0.15, -0.1) is 0 Å². The molecule has 0 unspecified atom stereocenters. The van der Waals surface area contributed by atoms with Gasteiger partial charge in [-0.2, -0.15) is 0 Å². The van der Waals surface area contributed by atoms with E-state index in [1.165, 1.54) is 0 Å². The van der Waals surface area contributed by atoms with Gasteiger partial charge < -0.3 is 9.64 Å². The summed E-state index contributed by atoms with van der Waals surface area (Å²) < 4.78 is 4.98. The summed E-state index contributed by atoms with van der Waals surface area (Å²) in [4.78, 5) is 13.5. The highest BCUT2D eigenvalue weighted by atomic mass is 79.9. The van der Waals surface area contributed by atoms with Crippen molar-refractivity contribution in [3.8, 4) is 0 Å². The third-order valence-corrected chi connectivity index (χ3v) is 2.21. The quantitative estimate of drug-likeness (QED) is 0.659. The maximum atomic E-state index is 11.6. The number of halogens is 1. The number of methoxy groups -OCH3 is 1. The van der Waals surface area contributed by atoms with Gasteiger partial charge in [0.05, 0.1) is 6.61 Å². The predicted octanol–water partition coefficient (Wildman–Crippen LogP) is 1.90. The van der Waals surface area contributed by atoms with Gasteiger partial charge in [0.1, 0.15) is 0 Å². The Morgan fingerprint density at radius 2 is 2.14 bits per heavy atom. The van der Waals surface area contributed by atoms with Gasteiger partial charge in [-0.05, 0) is 5.92 Å². The first-order valence-corrected chi connectivity index (χ1v) is 6.06. The van der Waals surface area contributed by atoms with Gasteiger partial charge in [-0.3, -0.25) is 4.79 Å². The number of nitrogens with zero attached hydrogens (tertiary/aromatic N) is 1. The van der Waals surface area contributed by atoms with E-state index in [1.54, 1.807) is 7.11 Å². The van der Waals surface area contributed by atoms with E-state index in [9.17, 15) is 4.79 Å². The SMILES string of the molecule is COCCN(CC(C)C)C(=O)CCBr. The molecule has 0 atom stereocenters. The third kappa shape index (κ3) is 6.38. The van der Waals surface area contributed by atoms with Crippen molar-refractivity contribution < 1.29 is 9.53 Å². The lowest BCUT2D eigenvalue weighted by atomic mass is 10.2. The normalized spacial score (nSPS) is 10.6. The highest BCUT2D eigenvalue weighted by Crippen LogP contribution is 2.02. The standard InChI is InChI=1S/C10H20BrNO2/c1-9(2)8-12(6-7-14-3)10(13)4-5-11/h9H,4-8H2,1-3H3. The van der Waals surface area contributed by atoms with Crippen molar-refractivity contribution in [2.24, 2.45) is 5.92 Å². The Bertz CT molecular complexity index is 162. The van der Waals surface area contributed by atoms with Crippen LogP contribution in [0.4, 0.5) is 0 Å². The fourth-order valence-corrected chi connectivity index (χ4v) is 1.54. The zero-order valence-electron chi connectivity index (χ0n) is 9.25. The van der Waals surface area contributed by atoms with Crippen LogP contribution < -0.4 is 0 Å². The van der Waals surface area contributed by atoms with E-state index in [-0.39, 0.29) is 5.91 Å². The molecule has 14 heavy (non-hydrogen) atoms. The molecule has 3 nitrogen and oxygen atoms in total. The second-order valence-corrected chi connectivity index (χ2v) is 4.46. The molecule has 4 heteroatoms. The average Bonchev–Trinajstić information content (AvgIpc) is 2.12. The first-order valence-electron chi connectivity index (χ1n) is 4.94. The molecule has 1 amide bonds. The van der Waals surface area contributed by atoms with Crippen LogP contribution in [-0.4, -0.2) is 42.9 Å². The van der Waals surface area contributed by atoms with Crippen molar-refractivity contribution >= 4 is 21.8 Å². The molecular formula is C10H20BrNO2. The Labute approximate surface area is 94.9 Å². The fourth-order valence-electron chi connectivity index (χ4n) is 1.20.